The molecule has 1 fully saturated rings. The first-order chi connectivity index (χ1) is 8.66. The summed E-state index contributed by atoms with van der Waals surface area (Å²) >= 11 is 5.97. The predicted molar refractivity (Wildman–Crippen MR) is 71.0 cm³/mol. The Morgan fingerprint density at radius 2 is 2.06 bits per heavy atom. The third-order valence-corrected chi connectivity index (χ3v) is 4.43. The van der Waals surface area contributed by atoms with Crippen molar-refractivity contribution in [1.82, 2.24) is 19.6 Å². The summed E-state index contributed by atoms with van der Waals surface area (Å²) in [7, 11) is 0. The molecule has 0 atom stereocenters. The molecule has 96 valence electrons. The van der Waals surface area contributed by atoms with Gasteiger partial charge in [0.1, 0.15) is 16.8 Å². The van der Waals surface area contributed by atoms with Crippen LogP contribution in [0.1, 0.15) is 50.7 Å². The first-order valence-electron chi connectivity index (χ1n) is 6.55. The van der Waals surface area contributed by atoms with Crippen LogP contribution < -0.4 is 0 Å². The van der Waals surface area contributed by atoms with E-state index in [4.69, 9.17) is 11.6 Å². The Balaban J connectivity index is 2.23. The first-order valence-corrected chi connectivity index (χ1v) is 6.93. The van der Waals surface area contributed by atoms with Crippen LogP contribution in [-0.4, -0.2) is 19.6 Å². The van der Waals surface area contributed by atoms with Gasteiger partial charge in [0.05, 0.1) is 0 Å². The Bertz CT molecular complexity index is 584. The van der Waals surface area contributed by atoms with Crippen LogP contribution in [0.2, 0.25) is 5.15 Å². The van der Waals surface area contributed by atoms with Gasteiger partial charge in [-0.05, 0) is 26.2 Å². The summed E-state index contributed by atoms with van der Waals surface area (Å²) in [5, 5.41) is 9.19. The summed E-state index contributed by atoms with van der Waals surface area (Å²) in [5.41, 5.74) is 0.988. The van der Waals surface area contributed by atoms with Crippen molar-refractivity contribution in [2.75, 3.05) is 0 Å². The Labute approximate surface area is 111 Å². The molecular formula is C13H17ClN4. The second-order valence-corrected chi connectivity index (χ2v) is 5.57. The topological polar surface area (TPSA) is 43.1 Å². The van der Waals surface area contributed by atoms with Gasteiger partial charge in [-0.3, -0.25) is 4.40 Å². The number of aromatic nitrogens is 4. The fraction of sp³-hybridized carbons (Fsp3) is 0.615. The van der Waals surface area contributed by atoms with E-state index in [2.05, 4.69) is 26.5 Å². The third-order valence-electron chi connectivity index (χ3n) is 4.24. The molecule has 1 aliphatic carbocycles. The molecule has 0 bridgehead atoms. The van der Waals surface area contributed by atoms with E-state index < -0.39 is 0 Å². The number of rotatable bonds is 2. The van der Waals surface area contributed by atoms with Gasteiger partial charge in [0.25, 0.3) is 0 Å². The fourth-order valence-corrected chi connectivity index (χ4v) is 3.40. The van der Waals surface area contributed by atoms with Crippen molar-refractivity contribution in [2.45, 2.75) is 51.4 Å². The number of hydrogen-bond donors (Lipinski definition) is 0. The van der Waals surface area contributed by atoms with Crippen LogP contribution in [0.3, 0.4) is 0 Å². The van der Waals surface area contributed by atoms with Crippen molar-refractivity contribution in [3.05, 3.63) is 22.9 Å². The van der Waals surface area contributed by atoms with Crippen molar-refractivity contribution in [2.24, 2.45) is 0 Å². The Morgan fingerprint density at radius 1 is 1.33 bits per heavy atom. The molecule has 0 saturated heterocycles. The largest absolute Gasteiger partial charge is 0.266 e. The Morgan fingerprint density at radius 3 is 2.72 bits per heavy atom. The number of halogens is 1. The lowest BCUT2D eigenvalue weighted by atomic mass is 9.82. The second kappa shape index (κ2) is 4.19. The standard InChI is InChI=1S/C13H17ClN4/c1-3-13(6-4-5-7-13)12-17-16-11-8-10(14)15-9(2)18(11)12/h8H,3-7H2,1-2H3. The molecule has 4 nitrogen and oxygen atoms in total. The molecule has 2 aromatic rings. The van der Waals surface area contributed by atoms with Crippen molar-refractivity contribution < 1.29 is 0 Å². The molecule has 0 amide bonds. The van der Waals surface area contributed by atoms with E-state index in [9.17, 15) is 0 Å². The number of hydrogen-bond acceptors (Lipinski definition) is 3. The minimum atomic E-state index is 0.180. The minimum Gasteiger partial charge on any atom is -0.266 e. The van der Waals surface area contributed by atoms with Crippen molar-refractivity contribution in [1.29, 1.82) is 0 Å². The lowest BCUT2D eigenvalue weighted by Gasteiger charge is -2.25. The van der Waals surface area contributed by atoms with E-state index in [0.717, 1.165) is 23.7 Å². The van der Waals surface area contributed by atoms with Gasteiger partial charge in [0.2, 0.25) is 0 Å². The maximum atomic E-state index is 5.97. The van der Waals surface area contributed by atoms with Crippen LogP contribution >= 0.6 is 11.6 Å². The van der Waals surface area contributed by atoms with E-state index >= 15 is 0 Å². The molecule has 0 aliphatic heterocycles. The molecular weight excluding hydrogens is 248 g/mol. The molecule has 0 spiro atoms. The van der Waals surface area contributed by atoms with E-state index in [1.165, 1.54) is 25.7 Å². The summed E-state index contributed by atoms with van der Waals surface area (Å²) in [5.74, 6) is 1.94. The van der Waals surface area contributed by atoms with Crippen molar-refractivity contribution in [3.63, 3.8) is 0 Å². The summed E-state index contributed by atoms with van der Waals surface area (Å²) in [6.07, 6.45) is 6.07. The molecule has 5 heteroatoms. The Kier molecular flexibility index (Phi) is 2.77. The molecule has 1 saturated carbocycles. The maximum Gasteiger partial charge on any atom is 0.165 e. The average Bonchev–Trinajstić information content (AvgIpc) is 2.94. The fourth-order valence-electron chi connectivity index (χ4n) is 3.18. The van der Waals surface area contributed by atoms with Gasteiger partial charge in [-0.15, -0.1) is 10.2 Å². The quantitative estimate of drug-likeness (QED) is 0.782. The van der Waals surface area contributed by atoms with E-state index in [1.54, 1.807) is 6.07 Å². The summed E-state index contributed by atoms with van der Waals surface area (Å²) < 4.78 is 2.07. The van der Waals surface area contributed by atoms with E-state index in [0.29, 0.717) is 5.15 Å². The van der Waals surface area contributed by atoms with Gasteiger partial charge >= 0.3 is 0 Å². The predicted octanol–water partition coefficient (Wildman–Crippen LogP) is 3.31. The van der Waals surface area contributed by atoms with Gasteiger partial charge in [0, 0.05) is 11.5 Å². The SMILES string of the molecule is CCC1(c2nnc3cc(Cl)nc(C)n23)CCCC1. The highest BCUT2D eigenvalue weighted by Gasteiger charge is 2.38. The normalized spacial score (nSPS) is 18.6. The molecule has 2 aromatic heterocycles. The monoisotopic (exact) mass is 264 g/mol. The number of nitrogens with zero attached hydrogens (tertiary/aromatic N) is 4. The third kappa shape index (κ3) is 1.62. The molecule has 1 aliphatic rings. The highest BCUT2D eigenvalue weighted by molar-refractivity contribution is 6.29. The molecule has 18 heavy (non-hydrogen) atoms. The van der Waals surface area contributed by atoms with Crippen LogP contribution in [0.4, 0.5) is 0 Å². The zero-order valence-electron chi connectivity index (χ0n) is 10.8. The van der Waals surface area contributed by atoms with Gasteiger partial charge in [-0.1, -0.05) is 31.4 Å². The lowest BCUT2D eigenvalue weighted by Crippen LogP contribution is -2.25. The van der Waals surface area contributed by atoms with E-state index in [-0.39, 0.29) is 5.41 Å². The van der Waals surface area contributed by atoms with Crippen molar-refractivity contribution in [3.8, 4) is 0 Å². The summed E-state index contributed by atoms with van der Waals surface area (Å²) in [4.78, 5) is 4.32. The Hall–Kier alpha value is -1.16. The van der Waals surface area contributed by atoms with E-state index in [1.807, 2.05) is 6.92 Å². The van der Waals surface area contributed by atoms with Crippen LogP contribution in [0.15, 0.2) is 6.07 Å². The number of fused-ring (bicyclic) bond motifs is 1. The van der Waals surface area contributed by atoms with Gasteiger partial charge in [-0.25, -0.2) is 4.98 Å². The maximum absolute atomic E-state index is 5.97. The molecule has 0 aromatic carbocycles. The van der Waals surface area contributed by atoms with Crippen LogP contribution in [0.25, 0.3) is 5.65 Å². The van der Waals surface area contributed by atoms with Gasteiger partial charge in [-0.2, -0.15) is 0 Å². The summed E-state index contributed by atoms with van der Waals surface area (Å²) in [6, 6.07) is 1.78. The molecule has 2 heterocycles. The number of aryl methyl sites for hydroxylation is 1. The van der Waals surface area contributed by atoms with Crippen LogP contribution in [-0.2, 0) is 5.41 Å². The lowest BCUT2D eigenvalue weighted by molar-refractivity contribution is 0.393. The van der Waals surface area contributed by atoms with Gasteiger partial charge in [0.15, 0.2) is 5.65 Å². The highest BCUT2D eigenvalue weighted by Crippen LogP contribution is 2.43. The molecule has 0 N–H and O–H groups in total. The zero-order valence-corrected chi connectivity index (χ0v) is 11.5. The average molecular weight is 265 g/mol. The van der Waals surface area contributed by atoms with Crippen molar-refractivity contribution >= 4 is 17.2 Å². The smallest absolute Gasteiger partial charge is 0.165 e. The molecule has 0 radical (unpaired) electrons. The van der Waals surface area contributed by atoms with Crippen LogP contribution in [0, 0.1) is 6.92 Å². The first kappa shape index (κ1) is 11.9. The highest BCUT2D eigenvalue weighted by atomic mass is 35.5. The zero-order chi connectivity index (χ0) is 12.8. The van der Waals surface area contributed by atoms with Gasteiger partial charge < -0.3 is 0 Å². The molecule has 0 unspecified atom stereocenters. The minimum absolute atomic E-state index is 0.180. The summed E-state index contributed by atoms with van der Waals surface area (Å²) in [6.45, 7) is 4.20. The molecule has 3 rings (SSSR count). The van der Waals surface area contributed by atoms with Crippen LogP contribution in [0.5, 0.6) is 0 Å². The second-order valence-electron chi connectivity index (χ2n) is 5.18.